The van der Waals surface area contributed by atoms with Crippen LogP contribution in [0.3, 0.4) is 0 Å². The van der Waals surface area contributed by atoms with E-state index in [-0.39, 0.29) is 5.91 Å². The van der Waals surface area contributed by atoms with Crippen LogP contribution in [0.25, 0.3) is 0 Å². The largest absolute Gasteiger partial charge is 0.390 e. The summed E-state index contributed by atoms with van der Waals surface area (Å²) in [4.78, 5) is 16.8. The number of aliphatic hydroxyl groups is 1. The molecule has 0 bridgehead atoms. The smallest absolute Gasteiger partial charge is 0.220 e. The van der Waals surface area contributed by atoms with E-state index in [1.165, 1.54) is 22.6 Å². The summed E-state index contributed by atoms with van der Waals surface area (Å²) in [5.41, 5.74) is 0. The predicted octanol–water partition coefficient (Wildman–Crippen LogP) is 2.59. The molecule has 130 valence electrons. The van der Waals surface area contributed by atoms with E-state index >= 15 is 0 Å². The van der Waals surface area contributed by atoms with Gasteiger partial charge in [0, 0.05) is 29.3 Å². The van der Waals surface area contributed by atoms with E-state index in [9.17, 15) is 9.90 Å². The van der Waals surface area contributed by atoms with Crippen LogP contribution in [-0.4, -0.2) is 48.2 Å². The van der Waals surface area contributed by atoms with Crippen molar-refractivity contribution >= 4 is 17.2 Å². The lowest BCUT2D eigenvalue weighted by Crippen LogP contribution is -2.43. The van der Waals surface area contributed by atoms with Crippen LogP contribution >= 0.6 is 11.3 Å². The Bertz CT molecular complexity index is 481. The summed E-state index contributed by atoms with van der Waals surface area (Å²) >= 11 is 1.80. The van der Waals surface area contributed by atoms with Gasteiger partial charge >= 0.3 is 0 Å². The van der Waals surface area contributed by atoms with E-state index in [1.807, 2.05) is 0 Å². The molecule has 0 aromatic carbocycles. The normalized spacial score (nSPS) is 18.0. The number of thiophene rings is 1. The van der Waals surface area contributed by atoms with Gasteiger partial charge in [-0.1, -0.05) is 6.92 Å². The minimum absolute atomic E-state index is 0.0459. The molecule has 0 saturated carbocycles. The second-order valence-corrected chi connectivity index (χ2v) is 8.18. The summed E-state index contributed by atoms with van der Waals surface area (Å²) in [5.74, 6) is 0.847. The highest BCUT2D eigenvalue weighted by Crippen LogP contribution is 2.17. The van der Waals surface area contributed by atoms with Crippen LogP contribution in [0.5, 0.6) is 0 Å². The molecule has 4 nitrogen and oxygen atoms in total. The second-order valence-electron chi connectivity index (χ2n) is 6.81. The lowest BCUT2D eigenvalue weighted by Gasteiger charge is -2.31. The van der Waals surface area contributed by atoms with Crippen LogP contribution in [0, 0.1) is 12.8 Å². The Kier molecular flexibility index (Phi) is 7.53. The maximum absolute atomic E-state index is 11.8. The van der Waals surface area contributed by atoms with Gasteiger partial charge in [-0.2, -0.15) is 0 Å². The van der Waals surface area contributed by atoms with Crippen LogP contribution in [0.1, 0.15) is 42.4 Å². The van der Waals surface area contributed by atoms with Gasteiger partial charge < -0.3 is 15.3 Å². The van der Waals surface area contributed by atoms with E-state index in [0.29, 0.717) is 19.5 Å². The number of likely N-dealkylation sites (tertiary alicyclic amines) is 1. The lowest BCUT2D eigenvalue weighted by atomic mass is 9.99. The minimum atomic E-state index is -0.465. The molecule has 2 N–H and O–H groups in total. The standard InChI is InChI=1S/C18H30N2O2S/c1-14-8-10-20(11-9-14)13-16(21)12-19-18(22)5-3-4-17-7-6-15(2)23-17/h6-7,14,16,21H,3-5,8-13H2,1-2H3,(H,19,22). The number of hydrogen-bond donors (Lipinski definition) is 2. The SMILES string of the molecule is Cc1ccc(CCCC(=O)NCC(O)CN2CCC(C)CC2)s1. The van der Waals surface area contributed by atoms with E-state index in [2.05, 4.69) is 36.2 Å². The number of aryl methyl sites for hydroxylation is 2. The van der Waals surface area contributed by atoms with Crippen LogP contribution in [-0.2, 0) is 11.2 Å². The molecule has 0 spiro atoms. The summed E-state index contributed by atoms with van der Waals surface area (Å²) in [7, 11) is 0. The zero-order valence-electron chi connectivity index (χ0n) is 14.4. The van der Waals surface area contributed by atoms with Crippen LogP contribution in [0.2, 0.25) is 0 Å². The van der Waals surface area contributed by atoms with Crippen LogP contribution in [0.15, 0.2) is 12.1 Å². The first-order chi connectivity index (χ1) is 11.0. The number of β-amino-alcohol motifs (C(OH)–C–C–N with tert-alkyl or cyclic N) is 1. The third-order valence-electron chi connectivity index (χ3n) is 4.50. The zero-order valence-corrected chi connectivity index (χ0v) is 15.2. The highest BCUT2D eigenvalue weighted by molar-refractivity contribution is 7.11. The summed E-state index contributed by atoms with van der Waals surface area (Å²) in [6.45, 7) is 7.54. The fraction of sp³-hybridized carbons (Fsp3) is 0.722. The summed E-state index contributed by atoms with van der Waals surface area (Å²) in [5, 5.41) is 12.9. The van der Waals surface area contributed by atoms with Gasteiger partial charge in [-0.3, -0.25) is 4.79 Å². The molecule has 1 unspecified atom stereocenters. The molecule has 1 amide bonds. The Morgan fingerprint density at radius 3 is 2.83 bits per heavy atom. The van der Waals surface area contributed by atoms with E-state index < -0.39 is 6.10 Å². The first-order valence-corrected chi connectivity index (χ1v) is 9.57. The van der Waals surface area contributed by atoms with Crippen molar-refractivity contribution in [3.05, 3.63) is 21.9 Å². The number of piperidine rings is 1. The van der Waals surface area contributed by atoms with Gasteiger partial charge in [0.05, 0.1) is 6.10 Å². The Balaban J connectivity index is 1.54. The minimum Gasteiger partial charge on any atom is -0.390 e. The van der Waals surface area contributed by atoms with E-state index in [0.717, 1.165) is 31.8 Å². The molecule has 1 aliphatic rings. The van der Waals surface area contributed by atoms with Crippen LogP contribution in [0.4, 0.5) is 0 Å². The molecule has 0 aliphatic carbocycles. The molecule has 2 rings (SSSR count). The van der Waals surface area contributed by atoms with Crippen molar-refractivity contribution in [3.8, 4) is 0 Å². The Labute approximate surface area is 143 Å². The second kappa shape index (κ2) is 9.40. The average molecular weight is 339 g/mol. The first kappa shape index (κ1) is 18.4. The van der Waals surface area contributed by atoms with Crippen molar-refractivity contribution in [1.29, 1.82) is 0 Å². The lowest BCUT2D eigenvalue weighted by molar-refractivity contribution is -0.121. The van der Waals surface area contributed by atoms with Crippen molar-refractivity contribution in [2.24, 2.45) is 5.92 Å². The van der Waals surface area contributed by atoms with Crippen molar-refractivity contribution in [3.63, 3.8) is 0 Å². The average Bonchev–Trinajstić information content (AvgIpc) is 2.93. The highest BCUT2D eigenvalue weighted by atomic mass is 32.1. The Morgan fingerprint density at radius 1 is 1.43 bits per heavy atom. The molecule has 23 heavy (non-hydrogen) atoms. The number of rotatable bonds is 8. The van der Waals surface area contributed by atoms with Gasteiger partial charge in [0.25, 0.3) is 0 Å². The first-order valence-electron chi connectivity index (χ1n) is 8.75. The van der Waals surface area contributed by atoms with Gasteiger partial charge in [0.15, 0.2) is 0 Å². The Morgan fingerprint density at radius 2 is 2.17 bits per heavy atom. The highest BCUT2D eigenvalue weighted by Gasteiger charge is 2.18. The summed E-state index contributed by atoms with van der Waals surface area (Å²) in [6.07, 6.45) is 4.31. The number of aliphatic hydroxyl groups excluding tert-OH is 1. The fourth-order valence-electron chi connectivity index (χ4n) is 2.97. The van der Waals surface area contributed by atoms with Gasteiger partial charge in [0.2, 0.25) is 5.91 Å². The molecule has 1 saturated heterocycles. The summed E-state index contributed by atoms with van der Waals surface area (Å²) < 4.78 is 0. The fourth-order valence-corrected chi connectivity index (χ4v) is 3.90. The molecule has 0 radical (unpaired) electrons. The molecular formula is C18H30N2O2S. The number of amides is 1. The van der Waals surface area contributed by atoms with Gasteiger partial charge in [-0.15, -0.1) is 11.3 Å². The molecule has 1 aliphatic heterocycles. The molecule has 5 heteroatoms. The molecule has 1 atom stereocenters. The van der Waals surface area contributed by atoms with Crippen molar-refractivity contribution in [1.82, 2.24) is 10.2 Å². The quantitative estimate of drug-likeness (QED) is 0.766. The molecule has 1 aromatic heterocycles. The predicted molar refractivity (Wildman–Crippen MR) is 95.8 cm³/mol. The third-order valence-corrected chi connectivity index (χ3v) is 5.56. The maximum Gasteiger partial charge on any atom is 0.220 e. The molecule has 1 fully saturated rings. The van der Waals surface area contributed by atoms with E-state index in [1.54, 1.807) is 11.3 Å². The van der Waals surface area contributed by atoms with Crippen LogP contribution < -0.4 is 5.32 Å². The van der Waals surface area contributed by atoms with Gasteiger partial charge in [-0.25, -0.2) is 0 Å². The number of carbonyl (C=O) groups is 1. The van der Waals surface area contributed by atoms with Gasteiger partial charge in [0.1, 0.15) is 0 Å². The maximum atomic E-state index is 11.8. The van der Waals surface area contributed by atoms with Gasteiger partial charge in [-0.05, 0) is 63.7 Å². The molecule has 1 aromatic rings. The summed E-state index contributed by atoms with van der Waals surface area (Å²) in [6, 6.07) is 4.26. The molecular weight excluding hydrogens is 308 g/mol. The Hall–Kier alpha value is -0.910. The number of nitrogens with one attached hydrogen (secondary N) is 1. The monoisotopic (exact) mass is 338 g/mol. The third kappa shape index (κ3) is 7.02. The number of hydrogen-bond acceptors (Lipinski definition) is 4. The topological polar surface area (TPSA) is 52.6 Å². The molecule has 2 heterocycles. The van der Waals surface area contributed by atoms with E-state index in [4.69, 9.17) is 0 Å². The zero-order chi connectivity index (χ0) is 16.7. The number of nitrogens with zero attached hydrogens (tertiary/aromatic N) is 1. The van der Waals surface area contributed by atoms with Crippen molar-refractivity contribution in [2.75, 3.05) is 26.2 Å². The van der Waals surface area contributed by atoms with Crippen molar-refractivity contribution in [2.45, 2.75) is 52.1 Å². The van der Waals surface area contributed by atoms with Crippen molar-refractivity contribution < 1.29 is 9.90 Å². The number of carbonyl (C=O) groups excluding carboxylic acids is 1.